The summed E-state index contributed by atoms with van der Waals surface area (Å²) in [5, 5.41) is 23.7. The van der Waals surface area contributed by atoms with Crippen molar-refractivity contribution in [2.24, 2.45) is 0 Å². The van der Waals surface area contributed by atoms with Crippen molar-refractivity contribution in [3.63, 3.8) is 0 Å². The van der Waals surface area contributed by atoms with Crippen LogP contribution in [0.25, 0.3) is 0 Å². The number of rotatable bonds is 6. The highest BCUT2D eigenvalue weighted by molar-refractivity contribution is 5.82. The number of unbranched alkanes of at least 4 members (excludes halogenated alkanes) is 1. The predicted octanol–water partition coefficient (Wildman–Crippen LogP) is 1.23. The molecule has 0 aromatic rings. The fraction of sp³-hybridized carbons (Fsp3) is 0.846. The first kappa shape index (κ1) is 15.8. The minimum absolute atomic E-state index is 0.0315. The summed E-state index contributed by atoms with van der Waals surface area (Å²) in [6, 6.07) is -1.22. The number of carboxylic acid groups (broad SMARTS) is 1. The van der Waals surface area contributed by atoms with Crippen LogP contribution in [0.2, 0.25) is 0 Å². The number of aliphatic carboxylic acids is 1. The summed E-state index contributed by atoms with van der Waals surface area (Å²) in [6.07, 6.45) is 4.69. The molecule has 1 aliphatic rings. The van der Waals surface area contributed by atoms with Crippen LogP contribution in [-0.2, 0) is 4.79 Å². The molecule has 0 unspecified atom stereocenters. The Kier molecular flexibility index (Phi) is 6.62. The van der Waals surface area contributed by atoms with Gasteiger partial charge in [-0.05, 0) is 32.1 Å². The van der Waals surface area contributed by atoms with Gasteiger partial charge in [0, 0.05) is 6.04 Å². The van der Waals surface area contributed by atoms with Gasteiger partial charge >= 0.3 is 12.0 Å². The van der Waals surface area contributed by atoms with E-state index in [1.165, 1.54) is 0 Å². The lowest BCUT2D eigenvalue weighted by molar-refractivity contribution is -0.139. The Bertz CT molecular complexity index is 301. The van der Waals surface area contributed by atoms with Crippen LogP contribution < -0.4 is 10.6 Å². The topological polar surface area (TPSA) is 98.7 Å². The zero-order valence-corrected chi connectivity index (χ0v) is 11.4. The summed E-state index contributed by atoms with van der Waals surface area (Å²) >= 11 is 0. The van der Waals surface area contributed by atoms with Crippen LogP contribution in [0.1, 0.15) is 51.9 Å². The molecule has 110 valence electrons. The highest BCUT2D eigenvalue weighted by Crippen LogP contribution is 2.18. The van der Waals surface area contributed by atoms with Gasteiger partial charge in [-0.3, -0.25) is 0 Å². The number of carbonyl (C=O) groups excluding carboxylic acids is 1. The first-order chi connectivity index (χ1) is 9.02. The Labute approximate surface area is 113 Å². The molecule has 1 fully saturated rings. The van der Waals surface area contributed by atoms with Crippen LogP contribution in [0.5, 0.6) is 0 Å². The van der Waals surface area contributed by atoms with Crippen LogP contribution in [-0.4, -0.2) is 40.4 Å². The zero-order valence-electron chi connectivity index (χ0n) is 11.4. The van der Waals surface area contributed by atoms with E-state index in [2.05, 4.69) is 10.6 Å². The van der Waals surface area contributed by atoms with Crippen molar-refractivity contribution in [2.75, 3.05) is 0 Å². The highest BCUT2D eigenvalue weighted by Gasteiger charge is 2.23. The van der Waals surface area contributed by atoms with Crippen molar-refractivity contribution in [1.29, 1.82) is 0 Å². The Morgan fingerprint density at radius 3 is 2.42 bits per heavy atom. The lowest BCUT2D eigenvalue weighted by Crippen LogP contribution is -2.49. The van der Waals surface area contributed by atoms with E-state index in [1.807, 2.05) is 6.92 Å². The molecule has 6 nitrogen and oxygen atoms in total. The second-order valence-corrected chi connectivity index (χ2v) is 5.16. The van der Waals surface area contributed by atoms with E-state index in [0.29, 0.717) is 19.3 Å². The molecule has 0 radical (unpaired) electrons. The predicted molar refractivity (Wildman–Crippen MR) is 70.9 cm³/mol. The van der Waals surface area contributed by atoms with Crippen LogP contribution in [0.3, 0.4) is 0 Å². The van der Waals surface area contributed by atoms with Crippen LogP contribution in [0, 0.1) is 0 Å². The second kappa shape index (κ2) is 7.99. The third kappa shape index (κ3) is 5.92. The van der Waals surface area contributed by atoms with E-state index in [0.717, 1.165) is 25.7 Å². The number of amides is 2. The molecule has 1 rings (SSSR count). The van der Waals surface area contributed by atoms with E-state index >= 15 is 0 Å². The SMILES string of the molecule is CCCC[C@H](NC(=O)NC1CCC(O)CC1)C(=O)O. The molecule has 2 amide bonds. The summed E-state index contributed by atoms with van der Waals surface area (Å²) in [7, 11) is 0. The van der Waals surface area contributed by atoms with Crippen molar-refractivity contribution in [3.8, 4) is 0 Å². The Hall–Kier alpha value is -1.30. The monoisotopic (exact) mass is 272 g/mol. The van der Waals surface area contributed by atoms with Crippen molar-refractivity contribution in [2.45, 2.75) is 70.1 Å². The van der Waals surface area contributed by atoms with Crippen LogP contribution >= 0.6 is 0 Å². The largest absolute Gasteiger partial charge is 0.480 e. The fourth-order valence-corrected chi connectivity index (χ4v) is 2.27. The molecule has 0 spiro atoms. The molecule has 1 saturated carbocycles. The molecule has 0 aromatic carbocycles. The fourth-order valence-electron chi connectivity index (χ4n) is 2.27. The Morgan fingerprint density at radius 2 is 1.89 bits per heavy atom. The maximum absolute atomic E-state index is 11.7. The third-order valence-corrected chi connectivity index (χ3v) is 3.48. The molecule has 0 heterocycles. The van der Waals surface area contributed by atoms with Gasteiger partial charge in [0.25, 0.3) is 0 Å². The minimum Gasteiger partial charge on any atom is -0.480 e. The average molecular weight is 272 g/mol. The Morgan fingerprint density at radius 1 is 1.26 bits per heavy atom. The molecule has 0 bridgehead atoms. The first-order valence-electron chi connectivity index (χ1n) is 7.00. The third-order valence-electron chi connectivity index (χ3n) is 3.48. The Balaban J connectivity index is 2.33. The van der Waals surface area contributed by atoms with Gasteiger partial charge in [-0.15, -0.1) is 0 Å². The van der Waals surface area contributed by atoms with E-state index in [4.69, 9.17) is 5.11 Å². The lowest BCUT2D eigenvalue weighted by atomic mass is 9.93. The lowest BCUT2D eigenvalue weighted by Gasteiger charge is -2.26. The van der Waals surface area contributed by atoms with Gasteiger partial charge in [-0.2, -0.15) is 0 Å². The van der Waals surface area contributed by atoms with Crippen molar-refractivity contribution in [3.05, 3.63) is 0 Å². The molecule has 0 aliphatic heterocycles. The van der Waals surface area contributed by atoms with Gasteiger partial charge in [0.2, 0.25) is 0 Å². The quantitative estimate of drug-likeness (QED) is 0.584. The van der Waals surface area contributed by atoms with Crippen LogP contribution in [0.15, 0.2) is 0 Å². The molecule has 0 aromatic heterocycles. The first-order valence-corrected chi connectivity index (χ1v) is 7.00. The van der Waals surface area contributed by atoms with E-state index in [1.54, 1.807) is 0 Å². The number of carbonyl (C=O) groups is 2. The zero-order chi connectivity index (χ0) is 14.3. The maximum Gasteiger partial charge on any atom is 0.326 e. The normalized spacial score (nSPS) is 24.5. The van der Waals surface area contributed by atoms with Gasteiger partial charge in [-0.1, -0.05) is 19.8 Å². The van der Waals surface area contributed by atoms with Gasteiger partial charge in [-0.25, -0.2) is 9.59 Å². The number of urea groups is 1. The maximum atomic E-state index is 11.7. The summed E-state index contributed by atoms with van der Waals surface area (Å²) in [6.45, 7) is 1.98. The van der Waals surface area contributed by atoms with Crippen molar-refractivity contribution >= 4 is 12.0 Å². The number of aliphatic hydroxyl groups excluding tert-OH is 1. The van der Waals surface area contributed by atoms with Crippen LogP contribution in [0.4, 0.5) is 4.79 Å². The summed E-state index contributed by atoms with van der Waals surface area (Å²) in [5.74, 6) is -0.998. The summed E-state index contributed by atoms with van der Waals surface area (Å²) in [5.41, 5.74) is 0. The summed E-state index contributed by atoms with van der Waals surface area (Å²) < 4.78 is 0. The van der Waals surface area contributed by atoms with E-state index < -0.39 is 18.0 Å². The molecule has 1 aliphatic carbocycles. The average Bonchev–Trinajstić information content (AvgIpc) is 2.37. The minimum atomic E-state index is -0.998. The van der Waals surface area contributed by atoms with Gasteiger partial charge in [0.05, 0.1) is 6.10 Å². The smallest absolute Gasteiger partial charge is 0.326 e. The number of hydrogen-bond donors (Lipinski definition) is 4. The number of hydrogen-bond acceptors (Lipinski definition) is 3. The number of aliphatic hydroxyl groups is 1. The molecular weight excluding hydrogens is 248 g/mol. The molecular formula is C13H24N2O4. The van der Waals surface area contributed by atoms with Crippen molar-refractivity contribution < 1.29 is 19.8 Å². The van der Waals surface area contributed by atoms with Gasteiger partial charge in [0.1, 0.15) is 6.04 Å². The van der Waals surface area contributed by atoms with Crippen molar-refractivity contribution in [1.82, 2.24) is 10.6 Å². The molecule has 4 N–H and O–H groups in total. The molecule has 6 heteroatoms. The van der Waals surface area contributed by atoms with E-state index in [-0.39, 0.29) is 12.1 Å². The summed E-state index contributed by atoms with van der Waals surface area (Å²) in [4.78, 5) is 22.7. The highest BCUT2D eigenvalue weighted by atomic mass is 16.4. The van der Waals surface area contributed by atoms with Gasteiger partial charge < -0.3 is 20.8 Å². The van der Waals surface area contributed by atoms with E-state index in [9.17, 15) is 14.7 Å². The second-order valence-electron chi connectivity index (χ2n) is 5.16. The number of nitrogens with one attached hydrogen (secondary N) is 2. The van der Waals surface area contributed by atoms with Gasteiger partial charge in [0.15, 0.2) is 0 Å². The molecule has 0 saturated heterocycles. The number of carboxylic acids is 1. The molecule has 1 atom stereocenters. The molecule has 19 heavy (non-hydrogen) atoms. The standard InChI is InChI=1S/C13H24N2O4/c1-2-3-4-11(12(17)18)15-13(19)14-9-5-7-10(16)8-6-9/h9-11,16H,2-8H2,1H3,(H,17,18)(H2,14,15,19)/t9?,10?,11-/m0/s1.